The normalized spacial score (nSPS) is 27.9. The molecular formula is C13H24N2. The van der Waals surface area contributed by atoms with Gasteiger partial charge in [0.05, 0.1) is 5.84 Å². The fraction of sp³-hybridized carbons (Fsp3) is 0.923. The Morgan fingerprint density at radius 2 is 1.87 bits per heavy atom. The summed E-state index contributed by atoms with van der Waals surface area (Å²) in [4.78, 5) is 2.35. The lowest BCUT2D eigenvalue weighted by molar-refractivity contribution is 0.379. The van der Waals surface area contributed by atoms with Gasteiger partial charge >= 0.3 is 0 Å². The first-order chi connectivity index (χ1) is 7.18. The summed E-state index contributed by atoms with van der Waals surface area (Å²) in [7, 11) is 0. The zero-order valence-corrected chi connectivity index (χ0v) is 10.1. The number of hydrogen-bond donors (Lipinski definition) is 1. The third-order valence-electron chi connectivity index (χ3n) is 4.25. The molecule has 0 amide bonds. The first-order valence-corrected chi connectivity index (χ1v) is 6.52. The molecule has 1 unspecified atom stereocenters. The molecule has 2 aliphatic rings. The summed E-state index contributed by atoms with van der Waals surface area (Å²) >= 11 is 0. The zero-order chi connectivity index (χ0) is 10.8. The number of nitrogens with zero attached hydrogens (tertiary/aromatic N) is 1. The number of rotatable bonds is 2. The van der Waals surface area contributed by atoms with E-state index in [2.05, 4.69) is 18.7 Å². The van der Waals surface area contributed by atoms with Crippen LogP contribution in [0.1, 0.15) is 46.0 Å². The molecule has 0 bridgehead atoms. The minimum absolute atomic E-state index is 0.593. The van der Waals surface area contributed by atoms with Crippen LogP contribution in [0.2, 0.25) is 0 Å². The van der Waals surface area contributed by atoms with Gasteiger partial charge in [-0.2, -0.15) is 0 Å². The van der Waals surface area contributed by atoms with Crippen molar-refractivity contribution < 1.29 is 0 Å². The van der Waals surface area contributed by atoms with Crippen molar-refractivity contribution in [2.75, 3.05) is 13.1 Å². The fourth-order valence-corrected chi connectivity index (χ4v) is 3.01. The maximum atomic E-state index is 8.24. The third-order valence-corrected chi connectivity index (χ3v) is 4.25. The minimum Gasteiger partial charge on any atom is -0.360 e. The standard InChI is InChI=1S/C13H24N2/c1-10(2)12-7-8-15(9-12)13(14)11-5-3-4-6-11/h10-12,14H,3-9H2,1-2H3. The van der Waals surface area contributed by atoms with Crippen LogP contribution in [0.4, 0.5) is 0 Å². The maximum absolute atomic E-state index is 8.24. The van der Waals surface area contributed by atoms with Gasteiger partial charge in [0.2, 0.25) is 0 Å². The molecule has 0 spiro atoms. The fourth-order valence-electron chi connectivity index (χ4n) is 3.01. The Labute approximate surface area is 93.6 Å². The highest BCUT2D eigenvalue weighted by molar-refractivity contribution is 5.82. The summed E-state index contributed by atoms with van der Waals surface area (Å²) in [5.74, 6) is 3.16. The Morgan fingerprint density at radius 1 is 1.20 bits per heavy atom. The van der Waals surface area contributed by atoms with Gasteiger partial charge < -0.3 is 4.90 Å². The van der Waals surface area contributed by atoms with Gasteiger partial charge in [-0.05, 0) is 31.1 Å². The SMILES string of the molecule is CC(C)C1CCN(C(=N)C2CCCC2)C1. The van der Waals surface area contributed by atoms with E-state index in [0.29, 0.717) is 5.92 Å². The third kappa shape index (κ3) is 2.35. The molecule has 0 aromatic heterocycles. The van der Waals surface area contributed by atoms with Crippen molar-refractivity contribution in [1.82, 2.24) is 4.90 Å². The van der Waals surface area contributed by atoms with E-state index in [0.717, 1.165) is 30.8 Å². The van der Waals surface area contributed by atoms with Crippen LogP contribution in [-0.4, -0.2) is 23.8 Å². The molecule has 0 radical (unpaired) electrons. The second-order valence-electron chi connectivity index (χ2n) is 5.61. The van der Waals surface area contributed by atoms with Crippen LogP contribution in [0.15, 0.2) is 0 Å². The molecule has 1 aliphatic carbocycles. The predicted molar refractivity (Wildman–Crippen MR) is 64.2 cm³/mol. The van der Waals surface area contributed by atoms with Crippen molar-refractivity contribution in [3.05, 3.63) is 0 Å². The first-order valence-electron chi connectivity index (χ1n) is 6.52. The van der Waals surface area contributed by atoms with Gasteiger partial charge in [0.15, 0.2) is 0 Å². The molecule has 15 heavy (non-hydrogen) atoms. The second-order valence-corrected chi connectivity index (χ2v) is 5.61. The Bertz CT molecular complexity index is 229. The summed E-state index contributed by atoms with van der Waals surface area (Å²) in [5.41, 5.74) is 0. The maximum Gasteiger partial charge on any atom is 0.0989 e. The molecule has 1 saturated carbocycles. The lowest BCUT2D eigenvalue weighted by Gasteiger charge is -2.24. The largest absolute Gasteiger partial charge is 0.360 e. The zero-order valence-electron chi connectivity index (χ0n) is 10.1. The van der Waals surface area contributed by atoms with Crippen molar-refractivity contribution in [1.29, 1.82) is 5.41 Å². The topological polar surface area (TPSA) is 27.1 Å². The van der Waals surface area contributed by atoms with Gasteiger partial charge in [-0.25, -0.2) is 0 Å². The molecule has 1 heterocycles. The van der Waals surface area contributed by atoms with Crippen LogP contribution < -0.4 is 0 Å². The highest BCUT2D eigenvalue weighted by atomic mass is 15.2. The second kappa shape index (κ2) is 4.54. The molecule has 2 nitrogen and oxygen atoms in total. The lowest BCUT2D eigenvalue weighted by Crippen LogP contribution is -2.33. The van der Waals surface area contributed by atoms with Crippen LogP contribution >= 0.6 is 0 Å². The van der Waals surface area contributed by atoms with E-state index in [4.69, 9.17) is 5.41 Å². The monoisotopic (exact) mass is 208 g/mol. The Hall–Kier alpha value is -0.530. The van der Waals surface area contributed by atoms with E-state index in [1.54, 1.807) is 0 Å². The van der Waals surface area contributed by atoms with E-state index in [9.17, 15) is 0 Å². The number of nitrogens with one attached hydrogen (secondary N) is 1. The van der Waals surface area contributed by atoms with Crippen molar-refractivity contribution in [2.24, 2.45) is 17.8 Å². The highest BCUT2D eigenvalue weighted by Crippen LogP contribution is 2.30. The molecule has 0 aromatic carbocycles. The van der Waals surface area contributed by atoms with E-state index in [-0.39, 0.29) is 0 Å². The van der Waals surface area contributed by atoms with E-state index >= 15 is 0 Å². The Balaban J connectivity index is 1.87. The number of hydrogen-bond acceptors (Lipinski definition) is 1. The molecule has 86 valence electrons. The molecule has 1 N–H and O–H groups in total. The van der Waals surface area contributed by atoms with Gasteiger partial charge in [0, 0.05) is 19.0 Å². The molecule has 2 fully saturated rings. The van der Waals surface area contributed by atoms with Crippen LogP contribution in [0, 0.1) is 23.2 Å². The van der Waals surface area contributed by atoms with Crippen LogP contribution in [-0.2, 0) is 0 Å². The average molecular weight is 208 g/mol. The van der Waals surface area contributed by atoms with Gasteiger partial charge in [0.1, 0.15) is 0 Å². The smallest absolute Gasteiger partial charge is 0.0989 e. The van der Waals surface area contributed by atoms with Gasteiger partial charge in [-0.15, -0.1) is 0 Å². The quantitative estimate of drug-likeness (QED) is 0.548. The molecule has 2 rings (SSSR count). The van der Waals surface area contributed by atoms with E-state index in [1.807, 2.05) is 0 Å². The summed E-state index contributed by atoms with van der Waals surface area (Å²) in [5, 5.41) is 8.24. The van der Waals surface area contributed by atoms with Crippen LogP contribution in [0.5, 0.6) is 0 Å². The molecule has 1 saturated heterocycles. The van der Waals surface area contributed by atoms with Crippen molar-refractivity contribution in [3.8, 4) is 0 Å². The lowest BCUT2D eigenvalue weighted by atomic mass is 9.95. The van der Waals surface area contributed by atoms with E-state index < -0.39 is 0 Å². The minimum atomic E-state index is 0.593. The van der Waals surface area contributed by atoms with Gasteiger partial charge in [0.25, 0.3) is 0 Å². The number of amidine groups is 1. The van der Waals surface area contributed by atoms with E-state index in [1.165, 1.54) is 32.1 Å². The van der Waals surface area contributed by atoms with Gasteiger partial charge in [-0.3, -0.25) is 5.41 Å². The first kappa shape index (κ1) is 11.0. The van der Waals surface area contributed by atoms with Crippen LogP contribution in [0.25, 0.3) is 0 Å². The molecule has 2 heteroatoms. The van der Waals surface area contributed by atoms with Gasteiger partial charge in [-0.1, -0.05) is 26.7 Å². The van der Waals surface area contributed by atoms with Crippen LogP contribution in [0.3, 0.4) is 0 Å². The Kier molecular flexibility index (Phi) is 3.32. The van der Waals surface area contributed by atoms with Crippen molar-refractivity contribution in [2.45, 2.75) is 46.0 Å². The Morgan fingerprint density at radius 3 is 2.40 bits per heavy atom. The summed E-state index contributed by atoms with van der Waals surface area (Å²) < 4.78 is 0. The average Bonchev–Trinajstić information content (AvgIpc) is 2.88. The summed E-state index contributed by atoms with van der Waals surface area (Å²) in [6, 6.07) is 0. The molecular weight excluding hydrogens is 184 g/mol. The highest BCUT2D eigenvalue weighted by Gasteiger charge is 2.30. The molecule has 1 aliphatic heterocycles. The molecule has 1 atom stereocenters. The number of likely N-dealkylation sites (tertiary alicyclic amines) is 1. The van der Waals surface area contributed by atoms with Crippen molar-refractivity contribution >= 4 is 5.84 Å². The summed E-state index contributed by atoms with van der Waals surface area (Å²) in [6.45, 7) is 6.91. The summed E-state index contributed by atoms with van der Waals surface area (Å²) in [6.07, 6.45) is 6.51. The van der Waals surface area contributed by atoms with Crippen molar-refractivity contribution in [3.63, 3.8) is 0 Å². The molecule has 0 aromatic rings. The predicted octanol–water partition coefficient (Wildman–Crippen LogP) is 3.13.